The van der Waals surface area contributed by atoms with Gasteiger partial charge in [-0.1, -0.05) is 38.5 Å². The van der Waals surface area contributed by atoms with Crippen LogP contribution in [-0.4, -0.2) is 32.3 Å². The number of ether oxygens (including phenoxy) is 1. The van der Waals surface area contributed by atoms with Crippen molar-refractivity contribution >= 4 is 18.5 Å². The summed E-state index contributed by atoms with van der Waals surface area (Å²) in [5, 5.41) is 2.86. The van der Waals surface area contributed by atoms with Gasteiger partial charge < -0.3 is 19.4 Å². The summed E-state index contributed by atoms with van der Waals surface area (Å²) in [5.74, 6) is -0.537. The fourth-order valence-corrected chi connectivity index (χ4v) is 3.98. The maximum atomic E-state index is 13.6. The molecule has 33 heavy (non-hydrogen) atoms. The highest BCUT2D eigenvalue weighted by Gasteiger charge is 2.42. The minimum absolute atomic E-state index is 0.0240. The summed E-state index contributed by atoms with van der Waals surface area (Å²) >= 11 is 0. The van der Waals surface area contributed by atoms with E-state index in [9.17, 15) is 9.18 Å². The average Bonchev–Trinajstić information content (AvgIpc) is 2.81. The Labute approximate surface area is 197 Å². The van der Waals surface area contributed by atoms with E-state index in [1.54, 1.807) is 0 Å². The Morgan fingerprint density at radius 3 is 2.61 bits per heavy atom. The molecule has 1 amide bonds. The van der Waals surface area contributed by atoms with Gasteiger partial charge in [0.2, 0.25) is 0 Å². The van der Waals surface area contributed by atoms with Crippen molar-refractivity contribution in [2.75, 3.05) is 13.7 Å². The molecule has 2 aromatic carbocycles. The van der Waals surface area contributed by atoms with Gasteiger partial charge in [-0.05, 0) is 73.8 Å². The van der Waals surface area contributed by atoms with Crippen LogP contribution in [0.15, 0.2) is 36.4 Å². The lowest BCUT2D eigenvalue weighted by atomic mass is 9.70. The smallest absolute Gasteiger partial charge is 0.494 e. The van der Waals surface area contributed by atoms with Crippen molar-refractivity contribution in [2.45, 2.75) is 66.0 Å². The van der Waals surface area contributed by atoms with E-state index < -0.39 is 12.9 Å². The van der Waals surface area contributed by atoms with Crippen molar-refractivity contribution in [1.29, 1.82) is 0 Å². The number of hydrogen-bond donors (Lipinski definition) is 1. The number of benzene rings is 2. The third-order valence-electron chi connectivity index (χ3n) is 6.98. The lowest BCUT2D eigenvalue weighted by Crippen LogP contribution is -2.50. The molecule has 0 bridgehead atoms. The Kier molecular flexibility index (Phi) is 7.86. The minimum Gasteiger partial charge on any atom is -0.496 e. The Balaban J connectivity index is 1.74. The van der Waals surface area contributed by atoms with Gasteiger partial charge in [0.05, 0.1) is 18.3 Å². The molecule has 1 aliphatic heterocycles. The normalized spacial score (nSPS) is 18.1. The lowest BCUT2D eigenvalue weighted by Gasteiger charge is -2.42. The van der Waals surface area contributed by atoms with Crippen LogP contribution in [0, 0.1) is 18.2 Å². The summed E-state index contributed by atoms with van der Waals surface area (Å²) in [5.41, 5.74) is 2.78. The SMILES string of the molecule is COc1ccc(F)cc1C(=O)NCc1ccc(B2OCCCCC(C)(C)C(C)(C)O2)cc1C. The Morgan fingerprint density at radius 1 is 1.15 bits per heavy atom. The fraction of sp³-hybridized carbons (Fsp3) is 0.500. The Bertz CT molecular complexity index is 992. The first-order chi connectivity index (χ1) is 15.5. The molecule has 0 saturated carbocycles. The number of aryl methyl sites for hydroxylation is 1. The zero-order valence-corrected chi connectivity index (χ0v) is 20.6. The molecule has 5 nitrogen and oxygen atoms in total. The second-order valence-corrected chi connectivity index (χ2v) is 9.89. The number of hydrogen-bond acceptors (Lipinski definition) is 4. The van der Waals surface area contributed by atoms with Gasteiger partial charge in [0.1, 0.15) is 11.6 Å². The van der Waals surface area contributed by atoms with Gasteiger partial charge in [0, 0.05) is 13.2 Å². The molecule has 0 aliphatic carbocycles. The first-order valence-electron chi connectivity index (χ1n) is 11.5. The van der Waals surface area contributed by atoms with Crippen molar-refractivity contribution < 1.29 is 23.2 Å². The van der Waals surface area contributed by atoms with Crippen LogP contribution in [0.5, 0.6) is 5.75 Å². The maximum absolute atomic E-state index is 13.6. The Morgan fingerprint density at radius 2 is 1.91 bits per heavy atom. The topological polar surface area (TPSA) is 56.8 Å². The molecule has 0 spiro atoms. The molecule has 178 valence electrons. The fourth-order valence-electron chi connectivity index (χ4n) is 3.98. The van der Waals surface area contributed by atoms with Gasteiger partial charge in [0.25, 0.3) is 5.91 Å². The predicted octanol–water partition coefficient (Wildman–Crippen LogP) is 4.79. The van der Waals surface area contributed by atoms with E-state index in [2.05, 4.69) is 39.1 Å². The first-order valence-corrected chi connectivity index (χ1v) is 11.5. The van der Waals surface area contributed by atoms with E-state index in [4.69, 9.17) is 14.0 Å². The lowest BCUT2D eigenvalue weighted by molar-refractivity contribution is -0.0286. The van der Waals surface area contributed by atoms with Gasteiger partial charge in [0.15, 0.2) is 0 Å². The number of methoxy groups -OCH3 is 1. The van der Waals surface area contributed by atoms with Crippen molar-refractivity contribution in [1.82, 2.24) is 5.32 Å². The molecule has 1 N–H and O–H groups in total. The van der Waals surface area contributed by atoms with E-state index in [1.165, 1.54) is 25.3 Å². The monoisotopic (exact) mass is 455 g/mol. The molecule has 3 rings (SSSR count). The van der Waals surface area contributed by atoms with Gasteiger partial charge in [-0.15, -0.1) is 0 Å². The van der Waals surface area contributed by atoms with Crippen molar-refractivity contribution in [3.05, 3.63) is 58.9 Å². The zero-order valence-electron chi connectivity index (χ0n) is 20.6. The third-order valence-corrected chi connectivity index (χ3v) is 6.98. The van der Waals surface area contributed by atoms with Crippen LogP contribution in [0.25, 0.3) is 0 Å². The summed E-state index contributed by atoms with van der Waals surface area (Å²) < 4.78 is 31.4. The standard InChI is InChI=1S/C26H35BFNO4/c1-18-15-20(27-32-14-8-7-13-25(2,3)26(4,5)33-27)10-9-19(18)17-29-24(30)22-16-21(28)11-12-23(22)31-6/h9-12,15-16H,7-8,13-14,17H2,1-6H3,(H,29,30). The second kappa shape index (κ2) is 10.3. The van der Waals surface area contributed by atoms with Crippen LogP contribution in [0.2, 0.25) is 0 Å². The molecule has 1 heterocycles. The molecule has 7 heteroatoms. The van der Waals surface area contributed by atoms with E-state index >= 15 is 0 Å². The number of nitrogens with one attached hydrogen (secondary N) is 1. The minimum atomic E-state index is -0.484. The predicted molar refractivity (Wildman–Crippen MR) is 129 cm³/mol. The largest absolute Gasteiger partial charge is 0.496 e. The zero-order chi connectivity index (χ0) is 24.2. The van der Waals surface area contributed by atoms with Gasteiger partial charge in [-0.2, -0.15) is 0 Å². The molecule has 0 radical (unpaired) electrons. The van der Waals surface area contributed by atoms with E-state index in [0.29, 0.717) is 18.9 Å². The molecule has 0 atom stereocenters. The highest BCUT2D eigenvalue weighted by molar-refractivity contribution is 6.61. The van der Waals surface area contributed by atoms with E-state index in [1.807, 2.05) is 19.1 Å². The summed E-state index contributed by atoms with van der Waals surface area (Å²) in [4.78, 5) is 12.6. The first kappa shape index (κ1) is 25.3. The molecule has 1 saturated heterocycles. The van der Waals surface area contributed by atoms with Crippen molar-refractivity contribution in [3.8, 4) is 5.75 Å². The van der Waals surface area contributed by atoms with Gasteiger partial charge >= 0.3 is 7.12 Å². The van der Waals surface area contributed by atoms with Gasteiger partial charge in [-0.3, -0.25) is 4.79 Å². The van der Waals surface area contributed by atoms with Crippen LogP contribution >= 0.6 is 0 Å². The average molecular weight is 455 g/mol. The highest BCUT2D eigenvalue weighted by atomic mass is 19.1. The Hall–Kier alpha value is -2.38. The summed E-state index contributed by atoms with van der Waals surface area (Å²) in [6, 6.07) is 9.91. The van der Waals surface area contributed by atoms with Gasteiger partial charge in [-0.25, -0.2) is 4.39 Å². The molecular weight excluding hydrogens is 420 g/mol. The molecule has 1 aliphatic rings. The van der Waals surface area contributed by atoms with Crippen LogP contribution < -0.4 is 15.5 Å². The summed E-state index contributed by atoms with van der Waals surface area (Å²) in [6.45, 7) is 11.7. The summed E-state index contributed by atoms with van der Waals surface area (Å²) in [6.07, 6.45) is 3.20. The van der Waals surface area contributed by atoms with Crippen LogP contribution in [-0.2, 0) is 15.9 Å². The number of amides is 1. The van der Waals surface area contributed by atoms with Crippen LogP contribution in [0.1, 0.15) is 68.4 Å². The van der Waals surface area contributed by atoms with Crippen LogP contribution in [0.4, 0.5) is 4.39 Å². The van der Waals surface area contributed by atoms with Crippen molar-refractivity contribution in [2.24, 2.45) is 5.41 Å². The van der Waals surface area contributed by atoms with Crippen molar-refractivity contribution in [3.63, 3.8) is 0 Å². The molecule has 1 fully saturated rings. The molecule has 2 aromatic rings. The third kappa shape index (κ3) is 5.95. The van der Waals surface area contributed by atoms with E-state index in [0.717, 1.165) is 35.9 Å². The maximum Gasteiger partial charge on any atom is 0.494 e. The number of halogens is 1. The quantitative estimate of drug-likeness (QED) is 0.659. The van der Waals surface area contributed by atoms with Crippen LogP contribution in [0.3, 0.4) is 0 Å². The molecule has 0 aromatic heterocycles. The summed E-state index contributed by atoms with van der Waals surface area (Å²) in [7, 11) is 1.01. The number of carbonyl (C=O) groups excluding carboxylic acids is 1. The van der Waals surface area contributed by atoms with E-state index in [-0.39, 0.29) is 22.5 Å². The second-order valence-electron chi connectivity index (χ2n) is 9.89. The molecular formula is C26H35BFNO4. The number of carbonyl (C=O) groups is 1. The molecule has 0 unspecified atom stereocenters. The number of rotatable bonds is 5. The highest BCUT2D eigenvalue weighted by Crippen LogP contribution is 2.39.